The van der Waals surface area contributed by atoms with E-state index in [1.54, 1.807) is 0 Å². The highest BCUT2D eigenvalue weighted by molar-refractivity contribution is 6.31. The van der Waals surface area contributed by atoms with E-state index in [4.69, 9.17) is 11.6 Å². The van der Waals surface area contributed by atoms with E-state index in [0.29, 0.717) is 0 Å². The van der Waals surface area contributed by atoms with Crippen molar-refractivity contribution < 1.29 is 0 Å². The van der Waals surface area contributed by atoms with Crippen LogP contribution >= 0.6 is 11.6 Å². The Bertz CT molecular complexity index is 759. The van der Waals surface area contributed by atoms with Gasteiger partial charge in [0, 0.05) is 33.7 Å². The molecule has 0 radical (unpaired) electrons. The molecular formula is C15H16ClN5. The molecule has 0 saturated carbocycles. The Hall–Kier alpha value is -2.01. The van der Waals surface area contributed by atoms with Gasteiger partial charge in [-0.05, 0) is 37.5 Å². The Morgan fingerprint density at radius 2 is 2.24 bits per heavy atom. The van der Waals surface area contributed by atoms with E-state index in [2.05, 4.69) is 25.8 Å². The molecule has 2 heterocycles. The van der Waals surface area contributed by atoms with Gasteiger partial charge in [0.1, 0.15) is 0 Å². The Kier molecular flexibility index (Phi) is 3.07. The van der Waals surface area contributed by atoms with Gasteiger partial charge >= 0.3 is 0 Å². The van der Waals surface area contributed by atoms with Crippen LogP contribution in [-0.4, -0.2) is 29.7 Å². The van der Waals surface area contributed by atoms with E-state index >= 15 is 0 Å². The highest BCUT2D eigenvalue weighted by atomic mass is 35.5. The molecule has 0 bridgehead atoms. The van der Waals surface area contributed by atoms with Crippen LogP contribution in [-0.2, 0) is 6.42 Å². The topological polar surface area (TPSA) is 64.6 Å². The van der Waals surface area contributed by atoms with Crippen LogP contribution in [0.4, 0.5) is 0 Å². The Morgan fingerprint density at radius 1 is 1.29 bits per heavy atom. The van der Waals surface area contributed by atoms with Crippen molar-refractivity contribution in [2.24, 2.45) is 10.1 Å². The quantitative estimate of drug-likeness (QED) is 0.708. The van der Waals surface area contributed by atoms with Crippen molar-refractivity contribution in [1.82, 2.24) is 15.7 Å². The monoisotopic (exact) mass is 301 g/mol. The van der Waals surface area contributed by atoms with Gasteiger partial charge in [-0.25, -0.2) is 10.4 Å². The predicted octanol–water partition coefficient (Wildman–Crippen LogP) is 2.41. The van der Waals surface area contributed by atoms with Crippen LogP contribution in [0.5, 0.6) is 0 Å². The van der Waals surface area contributed by atoms with Crippen LogP contribution in [0.1, 0.15) is 24.1 Å². The molecule has 1 aliphatic carbocycles. The summed E-state index contributed by atoms with van der Waals surface area (Å²) in [7, 11) is 0. The minimum absolute atomic E-state index is 0.754. The zero-order valence-corrected chi connectivity index (χ0v) is 12.3. The van der Waals surface area contributed by atoms with Gasteiger partial charge in [0.15, 0.2) is 0 Å². The van der Waals surface area contributed by atoms with Crippen molar-refractivity contribution in [3.05, 3.63) is 34.5 Å². The number of nitrogens with one attached hydrogen (secondary N) is 3. The summed E-state index contributed by atoms with van der Waals surface area (Å²) in [6, 6.07) is 5.96. The lowest BCUT2D eigenvalue weighted by molar-refractivity contribution is 0.810. The molecule has 1 aromatic heterocycles. The number of hydrogen-bond acceptors (Lipinski definition) is 4. The molecule has 21 heavy (non-hydrogen) atoms. The second kappa shape index (κ2) is 5.07. The highest BCUT2D eigenvalue weighted by Crippen LogP contribution is 2.31. The number of guanidine groups is 1. The summed E-state index contributed by atoms with van der Waals surface area (Å²) < 4.78 is 0. The number of rotatable bonds is 1. The molecule has 0 amide bonds. The number of aromatic nitrogens is 1. The Balaban J connectivity index is 1.77. The van der Waals surface area contributed by atoms with E-state index in [1.165, 1.54) is 11.3 Å². The molecule has 3 N–H and O–H groups in total. The van der Waals surface area contributed by atoms with Crippen molar-refractivity contribution in [3.63, 3.8) is 0 Å². The smallest absolute Gasteiger partial charge is 0.212 e. The molecule has 2 aromatic rings. The van der Waals surface area contributed by atoms with E-state index in [0.717, 1.165) is 59.9 Å². The average Bonchev–Trinajstić information content (AvgIpc) is 3.12. The minimum Gasteiger partial charge on any atom is -0.358 e. The van der Waals surface area contributed by atoms with Gasteiger partial charge in [0.25, 0.3) is 0 Å². The van der Waals surface area contributed by atoms with Crippen LogP contribution in [0.25, 0.3) is 10.9 Å². The number of nitrogens with zero attached hydrogens (tertiary/aromatic N) is 2. The second-order valence-corrected chi connectivity index (χ2v) is 5.79. The summed E-state index contributed by atoms with van der Waals surface area (Å²) in [5.74, 6) is 0.757. The van der Waals surface area contributed by atoms with Gasteiger partial charge in [-0.3, -0.25) is 0 Å². The van der Waals surface area contributed by atoms with Gasteiger partial charge in [-0.2, -0.15) is 5.10 Å². The molecule has 6 heteroatoms. The van der Waals surface area contributed by atoms with Crippen LogP contribution in [0.15, 0.2) is 28.3 Å². The summed E-state index contributed by atoms with van der Waals surface area (Å²) in [5, 5.41) is 9.64. The first-order valence-electron chi connectivity index (χ1n) is 7.22. The molecule has 2 aliphatic rings. The van der Waals surface area contributed by atoms with Crippen LogP contribution in [0.2, 0.25) is 5.02 Å². The third-order valence-corrected chi connectivity index (χ3v) is 4.17. The van der Waals surface area contributed by atoms with Crippen molar-refractivity contribution >= 4 is 34.2 Å². The molecule has 108 valence electrons. The fraction of sp³-hybridized carbons (Fsp3) is 0.333. The first-order valence-corrected chi connectivity index (χ1v) is 7.60. The summed E-state index contributed by atoms with van der Waals surface area (Å²) in [6.07, 6.45) is 3.13. The normalized spacial score (nSPS) is 19.5. The number of benzene rings is 1. The Morgan fingerprint density at radius 3 is 3.10 bits per heavy atom. The zero-order valence-electron chi connectivity index (χ0n) is 11.5. The van der Waals surface area contributed by atoms with Crippen LogP contribution < -0.4 is 10.7 Å². The summed E-state index contributed by atoms with van der Waals surface area (Å²) >= 11 is 6.15. The van der Waals surface area contributed by atoms with Gasteiger partial charge in [0.05, 0.1) is 12.3 Å². The van der Waals surface area contributed by atoms with Gasteiger partial charge in [-0.1, -0.05) is 11.6 Å². The van der Waals surface area contributed by atoms with Crippen LogP contribution in [0, 0.1) is 0 Å². The lowest BCUT2D eigenvalue weighted by Gasteiger charge is -2.14. The number of aromatic amines is 1. The molecule has 1 aromatic carbocycles. The first-order chi connectivity index (χ1) is 10.3. The van der Waals surface area contributed by atoms with Crippen molar-refractivity contribution in [3.8, 4) is 0 Å². The number of aliphatic imine (C=N–C) groups is 1. The number of aryl methyl sites for hydroxylation is 1. The van der Waals surface area contributed by atoms with E-state index in [9.17, 15) is 0 Å². The maximum absolute atomic E-state index is 6.15. The van der Waals surface area contributed by atoms with Crippen molar-refractivity contribution in [2.45, 2.75) is 19.3 Å². The molecule has 0 spiro atoms. The average molecular weight is 302 g/mol. The summed E-state index contributed by atoms with van der Waals surface area (Å²) in [4.78, 5) is 7.79. The molecule has 0 unspecified atom stereocenters. The van der Waals surface area contributed by atoms with Gasteiger partial charge in [-0.15, -0.1) is 0 Å². The maximum atomic E-state index is 6.15. The first kappa shape index (κ1) is 12.7. The lowest BCUT2D eigenvalue weighted by atomic mass is 9.93. The van der Waals surface area contributed by atoms with Crippen LogP contribution in [0.3, 0.4) is 0 Å². The number of H-pyrrole nitrogens is 1. The fourth-order valence-corrected chi connectivity index (χ4v) is 3.17. The summed E-state index contributed by atoms with van der Waals surface area (Å²) in [6.45, 7) is 1.68. The molecule has 4 rings (SSSR count). The van der Waals surface area contributed by atoms with E-state index in [1.807, 2.05) is 18.2 Å². The SMILES string of the molecule is Clc1ccc2[nH]c3c(c2c1)C(=NNC1=NCCN1)CCC3. The molecule has 1 aliphatic heterocycles. The Labute approximate surface area is 127 Å². The van der Waals surface area contributed by atoms with Crippen molar-refractivity contribution in [1.29, 1.82) is 0 Å². The predicted molar refractivity (Wildman–Crippen MR) is 86.2 cm³/mol. The van der Waals surface area contributed by atoms with E-state index in [-0.39, 0.29) is 0 Å². The molecule has 0 saturated heterocycles. The third kappa shape index (κ3) is 2.27. The third-order valence-electron chi connectivity index (χ3n) is 3.94. The zero-order chi connectivity index (χ0) is 14.2. The largest absolute Gasteiger partial charge is 0.358 e. The van der Waals surface area contributed by atoms with Crippen molar-refractivity contribution in [2.75, 3.05) is 13.1 Å². The maximum Gasteiger partial charge on any atom is 0.212 e. The fourth-order valence-electron chi connectivity index (χ4n) is 3.00. The molecule has 5 nitrogen and oxygen atoms in total. The molecule has 0 fully saturated rings. The summed E-state index contributed by atoms with van der Waals surface area (Å²) in [5.41, 5.74) is 7.68. The molecular weight excluding hydrogens is 286 g/mol. The number of hydrogen-bond donors (Lipinski definition) is 3. The molecule has 0 atom stereocenters. The minimum atomic E-state index is 0.754. The van der Waals surface area contributed by atoms with Gasteiger partial charge in [0.2, 0.25) is 5.96 Å². The number of fused-ring (bicyclic) bond motifs is 3. The second-order valence-electron chi connectivity index (χ2n) is 5.35. The lowest BCUT2D eigenvalue weighted by Crippen LogP contribution is -2.31. The standard InChI is InChI=1S/C15H16ClN5/c16-9-4-5-11-10(8-9)14-12(19-11)2-1-3-13(14)20-21-15-17-6-7-18-15/h4-5,8,19H,1-3,6-7H2,(H2,17,18,21). The van der Waals surface area contributed by atoms with E-state index < -0.39 is 0 Å². The number of hydrazone groups is 1. The number of halogens is 1. The highest BCUT2D eigenvalue weighted by Gasteiger charge is 2.21. The van der Waals surface area contributed by atoms with Gasteiger partial charge < -0.3 is 10.3 Å².